The zero-order chi connectivity index (χ0) is 19.1. The van der Waals surface area contributed by atoms with Gasteiger partial charge in [-0.05, 0) is 68.9 Å². The summed E-state index contributed by atoms with van der Waals surface area (Å²) in [6.07, 6.45) is 0. The van der Waals surface area contributed by atoms with Gasteiger partial charge >= 0.3 is 0 Å². The van der Waals surface area contributed by atoms with Crippen molar-refractivity contribution in [2.45, 2.75) is 25.7 Å². The number of anilines is 1. The van der Waals surface area contributed by atoms with E-state index in [2.05, 4.69) is 58.9 Å². The van der Waals surface area contributed by atoms with Crippen LogP contribution in [0, 0.1) is 20.8 Å². The highest BCUT2D eigenvalue weighted by Gasteiger charge is 2.03. The van der Waals surface area contributed by atoms with Gasteiger partial charge in [0.2, 0.25) is 5.17 Å². The number of hydrogen-bond donors (Lipinski definition) is 1. The highest BCUT2D eigenvalue weighted by molar-refractivity contribution is 8.13. The maximum Gasteiger partial charge on any atom is 0.232 e. The molecular weight excluding hydrogens is 352 g/mol. The molecule has 0 fully saturated rings. The fraction of sp³-hybridized carbons (Fsp3) is 0.136. The van der Waals surface area contributed by atoms with Gasteiger partial charge < -0.3 is 0 Å². The summed E-state index contributed by atoms with van der Waals surface area (Å²) in [6, 6.07) is 24.2. The number of aryl methyl sites for hydroxylation is 3. The maximum atomic E-state index is 4.44. The molecule has 0 aliphatic carbocycles. The molecule has 0 aliphatic heterocycles. The van der Waals surface area contributed by atoms with Gasteiger partial charge in [-0.2, -0.15) is 0 Å². The largest absolute Gasteiger partial charge is 0.276 e. The first-order valence-electron chi connectivity index (χ1n) is 8.72. The van der Waals surface area contributed by atoms with Crippen LogP contribution in [0.15, 0.2) is 93.0 Å². The van der Waals surface area contributed by atoms with Crippen molar-refractivity contribution in [1.29, 1.82) is 0 Å². The van der Waals surface area contributed by atoms with Gasteiger partial charge in [0.25, 0.3) is 0 Å². The number of azo groups is 1. The van der Waals surface area contributed by atoms with E-state index in [9.17, 15) is 0 Å². The molecule has 3 aromatic carbocycles. The Kier molecular flexibility index (Phi) is 6.39. The van der Waals surface area contributed by atoms with E-state index < -0.39 is 0 Å². The second-order valence-electron chi connectivity index (χ2n) is 6.32. The van der Waals surface area contributed by atoms with Gasteiger partial charge in [-0.15, -0.1) is 15.3 Å². The first-order chi connectivity index (χ1) is 13.1. The summed E-state index contributed by atoms with van der Waals surface area (Å²) < 4.78 is 0. The van der Waals surface area contributed by atoms with Gasteiger partial charge in [0.1, 0.15) is 0 Å². The first kappa shape index (κ1) is 18.9. The van der Waals surface area contributed by atoms with Crippen molar-refractivity contribution in [3.63, 3.8) is 0 Å². The Morgan fingerprint density at radius 1 is 0.704 bits per heavy atom. The molecule has 0 spiro atoms. The van der Waals surface area contributed by atoms with Crippen LogP contribution in [0.4, 0.5) is 11.4 Å². The van der Waals surface area contributed by atoms with Crippen LogP contribution >= 0.6 is 11.8 Å². The highest BCUT2D eigenvalue weighted by atomic mass is 32.2. The molecule has 0 bridgehead atoms. The molecule has 0 radical (unpaired) electrons. The molecule has 4 nitrogen and oxygen atoms in total. The first-order valence-corrected chi connectivity index (χ1v) is 9.53. The second-order valence-corrected chi connectivity index (χ2v) is 7.36. The molecule has 3 rings (SSSR count). The van der Waals surface area contributed by atoms with E-state index in [1.807, 2.05) is 55.5 Å². The topological polar surface area (TPSA) is 49.1 Å². The number of amidine groups is 1. The molecule has 0 saturated heterocycles. The molecule has 1 N–H and O–H groups in total. The number of hydrogen-bond acceptors (Lipinski definition) is 4. The summed E-state index contributed by atoms with van der Waals surface area (Å²) in [5.41, 5.74) is 8.39. The molecule has 5 heteroatoms. The number of thioether (sulfide) groups is 1. The molecule has 0 amide bonds. The number of benzene rings is 3. The number of nitrogens with zero attached hydrogens (tertiary/aromatic N) is 3. The van der Waals surface area contributed by atoms with Gasteiger partial charge in [0.15, 0.2) is 0 Å². The molecule has 0 saturated carbocycles. The average molecular weight is 375 g/mol. The molecule has 0 aromatic heterocycles. The summed E-state index contributed by atoms with van der Waals surface area (Å²) in [4.78, 5) is 1.06. The van der Waals surface area contributed by atoms with E-state index in [4.69, 9.17) is 0 Å². The Morgan fingerprint density at radius 2 is 1.22 bits per heavy atom. The molecule has 0 heterocycles. The van der Waals surface area contributed by atoms with Gasteiger partial charge in [-0.1, -0.05) is 53.1 Å². The third-order valence-corrected chi connectivity index (χ3v) is 4.71. The van der Waals surface area contributed by atoms with Crippen LogP contribution in [0.5, 0.6) is 0 Å². The summed E-state index contributed by atoms with van der Waals surface area (Å²) in [5, 5.41) is 13.7. The summed E-state index contributed by atoms with van der Waals surface area (Å²) in [5.74, 6) is 0. The fourth-order valence-corrected chi connectivity index (χ4v) is 2.89. The standard InChI is InChI=1S/C22H22N4S/c1-16-4-10-19(11-5-16)23-25-22(27-21-14-8-18(3)9-15-21)26-24-20-12-6-17(2)7-13-20/h4-15,23H,1-3H3/b25-22-,26-24?. The minimum absolute atomic E-state index is 0.542. The lowest BCUT2D eigenvalue weighted by Crippen LogP contribution is -1.95. The van der Waals surface area contributed by atoms with Crippen molar-refractivity contribution >= 4 is 28.3 Å². The highest BCUT2D eigenvalue weighted by Crippen LogP contribution is 2.23. The van der Waals surface area contributed by atoms with Crippen LogP contribution in [-0.2, 0) is 0 Å². The smallest absolute Gasteiger partial charge is 0.232 e. The van der Waals surface area contributed by atoms with Crippen LogP contribution < -0.4 is 5.43 Å². The van der Waals surface area contributed by atoms with Crippen LogP contribution in [0.2, 0.25) is 0 Å². The minimum atomic E-state index is 0.542. The molecule has 0 aliphatic rings. The predicted octanol–water partition coefficient (Wildman–Crippen LogP) is 6.87. The van der Waals surface area contributed by atoms with Crippen LogP contribution in [-0.4, -0.2) is 5.17 Å². The van der Waals surface area contributed by atoms with Crippen LogP contribution in [0.25, 0.3) is 0 Å². The van der Waals surface area contributed by atoms with Crippen LogP contribution in [0.3, 0.4) is 0 Å². The van der Waals surface area contributed by atoms with E-state index in [0.717, 1.165) is 16.3 Å². The van der Waals surface area contributed by atoms with E-state index in [0.29, 0.717) is 5.17 Å². The zero-order valence-electron chi connectivity index (χ0n) is 15.7. The Bertz CT molecular complexity index is 928. The van der Waals surface area contributed by atoms with Crippen LogP contribution in [0.1, 0.15) is 16.7 Å². The second kappa shape index (κ2) is 9.14. The molecular formula is C22H22N4S. The summed E-state index contributed by atoms with van der Waals surface area (Å²) >= 11 is 1.47. The zero-order valence-corrected chi connectivity index (χ0v) is 16.5. The van der Waals surface area contributed by atoms with E-state index >= 15 is 0 Å². The van der Waals surface area contributed by atoms with Gasteiger partial charge in [-0.3, -0.25) is 5.43 Å². The van der Waals surface area contributed by atoms with E-state index in [-0.39, 0.29) is 0 Å². The van der Waals surface area contributed by atoms with Crippen molar-refractivity contribution in [1.82, 2.24) is 0 Å². The van der Waals surface area contributed by atoms with Crippen molar-refractivity contribution in [2.75, 3.05) is 5.43 Å². The minimum Gasteiger partial charge on any atom is -0.276 e. The lowest BCUT2D eigenvalue weighted by atomic mass is 10.2. The number of nitrogens with one attached hydrogen (secondary N) is 1. The molecule has 0 atom stereocenters. The summed E-state index contributed by atoms with van der Waals surface area (Å²) in [7, 11) is 0. The van der Waals surface area contributed by atoms with Crippen molar-refractivity contribution in [2.24, 2.45) is 15.3 Å². The summed E-state index contributed by atoms with van der Waals surface area (Å²) in [6.45, 7) is 6.17. The average Bonchev–Trinajstić information content (AvgIpc) is 2.68. The lowest BCUT2D eigenvalue weighted by Gasteiger charge is -2.04. The fourth-order valence-electron chi connectivity index (χ4n) is 2.23. The third-order valence-electron chi connectivity index (χ3n) is 3.85. The van der Waals surface area contributed by atoms with Crippen molar-refractivity contribution < 1.29 is 0 Å². The third kappa shape index (κ3) is 6.08. The van der Waals surface area contributed by atoms with Gasteiger partial charge in [-0.25, -0.2) is 0 Å². The van der Waals surface area contributed by atoms with E-state index in [1.165, 1.54) is 28.5 Å². The Hall–Kier alpha value is -2.92. The quantitative estimate of drug-likeness (QED) is 0.178. The van der Waals surface area contributed by atoms with Gasteiger partial charge in [0.05, 0.1) is 11.4 Å². The van der Waals surface area contributed by atoms with Crippen molar-refractivity contribution in [3.8, 4) is 0 Å². The Morgan fingerprint density at radius 3 is 1.81 bits per heavy atom. The number of hydrazone groups is 1. The molecule has 3 aromatic rings. The SMILES string of the molecule is Cc1ccc(N=N/C(=N/Nc2ccc(C)cc2)Sc2ccc(C)cc2)cc1. The molecule has 0 unspecified atom stereocenters. The predicted molar refractivity (Wildman–Crippen MR) is 115 cm³/mol. The Balaban J connectivity index is 1.80. The maximum absolute atomic E-state index is 4.44. The number of rotatable bonds is 4. The normalized spacial score (nSPS) is 11.7. The molecule has 136 valence electrons. The van der Waals surface area contributed by atoms with Gasteiger partial charge in [0, 0.05) is 4.90 Å². The Labute approximate surface area is 164 Å². The van der Waals surface area contributed by atoms with Crippen molar-refractivity contribution in [3.05, 3.63) is 89.5 Å². The van der Waals surface area contributed by atoms with E-state index in [1.54, 1.807) is 0 Å². The monoisotopic (exact) mass is 374 g/mol. The lowest BCUT2D eigenvalue weighted by molar-refractivity contribution is 1.24. The molecule has 27 heavy (non-hydrogen) atoms.